The van der Waals surface area contributed by atoms with Crippen molar-refractivity contribution in [3.63, 3.8) is 0 Å². The molecule has 0 unspecified atom stereocenters. The van der Waals surface area contributed by atoms with Crippen LogP contribution in [0.1, 0.15) is 45.6 Å². The summed E-state index contributed by atoms with van der Waals surface area (Å²) in [5.41, 5.74) is 1.07. The number of rotatable bonds is 8. The molecule has 4 nitrogen and oxygen atoms in total. The Labute approximate surface area is 104 Å². The molecule has 0 aliphatic rings. The topological polar surface area (TPSA) is 47.0 Å². The van der Waals surface area contributed by atoms with Gasteiger partial charge < -0.3 is 10.1 Å². The molecule has 0 saturated heterocycles. The third-order valence-electron chi connectivity index (χ3n) is 2.59. The maximum absolute atomic E-state index is 5.73. The first-order chi connectivity index (χ1) is 8.33. The van der Waals surface area contributed by atoms with Crippen LogP contribution in [0.3, 0.4) is 0 Å². The fourth-order valence-electron chi connectivity index (χ4n) is 1.68. The van der Waals surface area contributed by atoms with E-state index < -0.39 is 0 Å². The zero-order valence-electron chi connectivity index (χ0n) is 11.1. The molecule has 1 N–H and O–H groups in total. The predicted molar refractivity (Wildman–Crippen MR) is 70.6 cm³/mol. The van der Waals surface area contributed by atoms with Crippen molar-refractivity contribution in [3.8, 4) is 5.88 Å². The lowest BCUT2D eigenvalue weighted by molar-refractivity contribution is 0.291. The summed E-state index contributed by atoms with van der Waals surface area (Å²) >= 11 is 0. The van der Waals surface area contributed by atoms with Crippen LogP contribution in [0.5, 0.6) is 5.88 Å². The zero-order valence-corrected chi connectivity index (χ0v) is 11.1. The van der Waals surface area contributed by atoms with E-state index in [4.69, 9.17) is 4.74 Å². The van der Waals surface area contributed by atoms with Gasteiger partial charge in [0.1, 0.15) is 12.1 Å². The maximum atomic E-state index is 5.73. The Kier molecular flexibility index (Phi) is 6.37. The molecule has 1 rings (SSSR count). The standard InChI is InChI=1S/C13H23N3O/c1-4-7-8-9-17-13-11(5-2)12(14-6-3)15-10-16-13/h10H,4-9H2,1-3H3,(H,14,15,16). The van der Waals surface area contributed by atoms with Crippen LogP contribution >= 0.6 is 0 Å². The summed E-state index contributed by atoms with van der Waals surface area (Å²) in [5, 5.41) is 3.24. The lowest BCUT2D eigenvalue weighted by Gasteiger charge is -2.12. The van der Waals surface area contributed by atoms with Crippen molar-refractivity contribution < 1.29 is 4.74 Å². The summed E-state index contributed by atoms with van der Waals surface area (Å²) < 4.78 is 5.73. The first-order valence-corrected chi connectivity index (χ1v) is 6.53. The second kappa shape index (κ2) is 7.87. The van der Waals surface area contributed by atoms with Gasteiger partial charge in [-0.3, -0.25) is 0 Å². The van der Waals surface area contributed by atoms with Gasteiger partial charge in [0.15, 0.2) is 0 Å². The summed E-state index contributed by atoms with van der Waals surface area (Å²) in [7, 11) is 0. The van der Waals surface area contributed by atoms with Gasteiger partial charge in [0.05, 0.1) is 12.2 Å². The second-order valence-corrected chi connectivity index (χ2v) is 3.95. The van der Waals surface area contributed by atoms with Crippen LogP contribution in [0.25, 0.3) is 0 Å². The Bertz CT molecular complexity index is 328. The van der Waals surface area contributed by atoms with E-state index in [9.17, 15) is 0 Å². The van der Waals surface area contributed by atoms with Crippen molar-refractivity contribution in [2.24, 2.45) is 0 Å². The van der Waals surface area contributed by atoms with Gasteiger partial charge in [-0.05, 0) is 19.8 Å². The minimum Gasteiger partial charge on any atom is -0.477 e. The van der Waals surface area contributed by atoms with Crippen LogP contribution < -0.4 is 10.1 Å². The monoisotopic (exact) mass is 237 g/mol. The Morgan fingerprint density at radius 2 is 2.00 bits per heavy atom. The molecule has 0 spiro atoms. The van der Waals surface area contributed by atoms with E-state index in [1.54, 1.807) is 6.33 Å². The van der Waals surface area contributed by atoms with Crippen molar-refractivity contribution in [1.29, 1.82) is 0 Å². The molecule has 1 aromatic heterocycles. The molecule has 0 atom stereocenters. The van der Waals surface area contributed by atoms with Crippen molar-refractivity contribution in [3.05, 3.63) is 11.9 Å². The van der Waals surface area contributed by atoms with Gasteiger partial charge in [-0.2, -0.15) is 0 Å². The first-order valence-electron chi connectivity index (χ1n) is 6.53. The minimum absolute atomic E-state index is 0.731. The Balaban J connectivity index is 2.66. The molecule has 17 heavy (non-hydrogen) atoms. The van der Waals surface area contributed by atoms with E-state index >= 15 is 0 Å². The van der Waals surface area contributed by atoms with E-state index in [1.165, 1.54) is 12.8 Å². The Hall–Kier alpha value is -1.32. The highest BCUT2D eigenvalue weighted by Crippen LogP contribution is 2.22. The number of unbranched alkanes of at least 4 members (excludes halogenated alkanes) is 2. The van der Waals surface area contributed by atoms with Crippen LogP contribution in [0.2, 0.25) is 0 Å². The minimum atomic E-state index is 0.731. The van der Waals surface area contributed by atoms with Crippen molar-refractivity contribution in [1.82, 2.24) is 9.97 Å². The number of anilines is 1. The van der Waals surface area contributed by atoms with Crippen molar-refractivity contribution >= 4 is 5.82 Å². The number of hydrogen-bond acceptors (Lipinski definition) is 4. The molecule has 1 heterocycles. The summed E-state index contributed by atoms with van der Waals surface area (Å²) in [6.45, 7) is 7.94. The largest absolute Gasteiger partial charge is 0.477 e. The molecule has 0 saturated carbocycles. The molecule has 0 aromatic carbocycles. The SMILES string of the molecule is CCCCCOc1ncnc(NCC)c1CC. The van der Waals surface area contributed by atoms with Crippen LogP contribution in [0, 0.1) is 0 Å². The third kappa shape index (κ3) is 4.21. The number of nitrogens with one attached hydrogen (secondary N) is 1. The second-order valence-electron chi connectivity index (χ2n) is 3.95. The van der Waals surface area contributed by atoms with Gasteiger partial charge in [0, 0.05) is 6.54 Å². The summed E-state index contributed by atoms with van der Waals surface area (Å²) in [4.78, 5) is 8.46. The highest BCUT2D eigenvalue weighted by atomic mass is 16.5. The van der Waals surface area contributed by atoms with E-state index in [0.717, 1.165) is 43.3 Å². The highest BCUT2D eigenvalue weighted by Gasteiger charge is 2.09. The third-order valence-corrected chi connectivity index (χ3v) is 2.59. The van der Waals surface area contributed by atoms with E-state index in [0.29, 0.717) is 0 Å². The molecular weight excluding hydrogens is 214 g/mol. The molecule has 4 heteroatoms. The van der Waals surface area contributed by atoms with Gasteiger partial charge in [-0.15, -0.1) is 0 Å². The van der Waals surface area contributed by atoms with Crippen LogP contribution in [-0.4, -0.2) is 23.1 Å². The lowest BCUT2D eigenvalue weighted by Crippen LogP contribution is -2.08. The van der Waals surface area contributed by atoms with Gasteiger partial charge in [-0.25, -0.2) is 9.97 Å². The van der Waals surface area contributed by atoms with Crippen molar-refractivity contribution in [2.75, 3.05) is 18.5 Å². The Morgan fingerprint density at radius 1 is 1.18 bits per heavy atom. The molecule has 0 bridgehead atoms. The fourth-order valence-corrected chi connectivity index (χ4v) is 1.68. The fraction of sp³-hybridized carbons (Fsp3) is 0.692. The van der Waals surface area contributed by atoms with Crippen molar-refractivity contribution in [2.45, 2.75) is 46.5 Å². The predicted octanol–water partition coefficient (Wildman–Crippen LogP) is 3.04. The van der Waals surface area contributed by atoms with Gasteiger partial charge in [-0.1, -0.05) is 26.7 Å². The number of hydrogen-bond donors (Lipinski definition) is 1. The van der Waals surface area contributed by atoms with E-state index in [1.807, 2.05) is 0 Å². The van der Waals surface area contributed by atoms with Crippen LogP contribution in [0.15, 0.2) is 6.33 Å². The molecule has 0 aliphatic carbocycles. The van der Waals surface area contributed by atoms with Gasteiger partial charge in [0.2, 0.25) is 5.88 Å². The summed E-state index contributed by atoms with van der Waals surface area (Å²) in [6, 6.07) is 0. The molecule has 0 radical (unpaired) electrons. The Morgan fingerprint density at radius 3 is 2.65 bits per heavy atom. The summed E-state index contributed by atoms with van der Waals surface area (Å²) in [5.74, 6) is 1.63. The molecule has 96 valence electrons. The van der Waals surface area contributed by atoms with Crippen LogP contribution in [0.4, 0.5) is 5.82 Å². The van der Waals surface area contributed by atoms with E-state index in [2.05, 4.69) is 36.1 Å². The highest BCUT2D eigenvalue weighted by molar-refractivity contribution is 5.48. The first kappa shape index (κ1) is 13.7. The zero-order chi connectivity index (χ0) is 12.5. The smallest absolute Gasteiger partial charge is 0.221 e. The van der Waals surface area contributed by atoms with Gasteiger partial charge in [0.25, 0.3) is 0 Å². The molecular formula is C13H23N3O. The number of nitrogens with zero attached hydrogens (tertiary/aromatic N) is 2. The quantitative estimate of drug-likeness (QED) is 0.706. The molecule has 0 amide bonds. The maximum Gasteiger partial charge on any atom is 0.221 e. The summed E-state index contributed by atoms with van der Waals surface area (Å²) in [6.07, 6.45) is 5.93. The number of ether oxygens (including phenoxy) is 1. The molecule has 0 aliphatic heterocycles. The van der Waals surface area contributed by atoms with E-state index in [-0.39, 0.29) is 0 Å². The molecule has 0 fully saturated rings. The lowest BCUT2D eigenvalue weighted by atomic mass is 10.2. The average molecular weight is 237 g/mol. The average Bonchev–Trinajstić information content (AvgIpc) is 2.35. The molecule has 1 aromatic rings. The number of aromatic nitrogens is 2. The van der Waals surface area contributed by atoms with Crippen LogP contribution in [-0.2, 0) is 6.42 Å². The normalized spacial score (nSPS) is 10.3. The van der Waals surface area contributed by atoms with Gasteiger partial charge >= 0.3 is 0 Å².